The first-order valence-corrected chi connectivity index (χ1v) is 10.5. The van der Waals surface area contributed by atoms with Crippen molar-refractivity contribution in [3.05, 3.63) is 65.7 Å². The summed E-state index contributed by atoms with van der Waals surface area (Å²) in [6.45, 7) is 7.95. The highest BCUT2D eigenvalue weighted by atomic mass is 19.1. The van der Waals surface area contributed by atoms with Crippen LogP contribution in [-0.4, -0.2) is 38.7 Å². The number of hydrogen-bond acceptors (Lipinski definition) is 3. The molecule has 5 nitrogen and oxygen atoms in total. The lowest BCUT2D eigenvalue weighted by atomic mass is 9.99. The van der Waals surface area contributed by atoms with Gasteiger partial charge in [0.15, 0.2) is 5.82 Å². The number of hydrogen-bond donors (Lipinski definition) is 0. The predicted octanol–water partition coefficient (Wildman–Crippen LogP) is 5.07. The van der Waals surface area contributed by atoms with E-state index in [1.807, 2.05) is 17.0 Å². The fourth-order valence-corrected chi connectivity index (χ4v) is 3.72. The molecule has 0 spiro atoms. The molecule has 1 aromatic heterocycles. The van der Waals surface area contributed by atoms with Crippen molar-refractivity contribution < 1.29 is 9.18 Å². The summed E-state index contributed by atoms with van der Waals surface area (Å²) in [5.74, 6) is 1.34. The van der Waals surface area contributed by atoms with Crippen molar-refractivity contribution in [3.63, 3.8) is 0 Å². The molecule has 30 heavy (non-hydrogen) atoms. The number of halogens is 1. The molecule has 3 aromatic rings. The molecule has 2 heterocycles. The molecule has 0 aliphatic carbocycles. The van der Waals surface area contributed by atoms with Crippen LogP contribution in [0.3, 0.4) is 0 Å². The third-order valence-electron chi connectivity index (χ3n) is 5.78. The van der Waals surface area contributed by atoms with Crippen LogP contribution in [0.1, 0.15) is 55.7 Å². The number of carbonyl (C=O) groups excluding carboxylic acids is 1. The average molecular weight is 407 g/mol. The van der Waals surface area contributed by atoms with Crippen LogP contribution >= 0.6 is 0 Å². The molecule has 0 bridgehead atoms. The van der Waals surface area contributed by atoms with Gasteiger partial charge < -0.3 is 4.90 Å². The fraction of sp³-hybridized carbons (Fsp3) is 0.375. The lowest BCUT2D eigenvalue weighted by Gasteiger charge is -2.29. The summed E-state index contributed by atoms with van der Waals surface area (Å²) in [6, 6.07) is 14.2. The first kappa shape index (κ1) is 20.3. The minimum atomic E-state index is -0.319. The second-order valence-corrected chi connectivity index (χ2v) is 8.40. The summed E-state index contributed by atoms with van der Waals surface area (Å²) >= 11 is 0. The van der Waals surface area contributed by atoms with Crippen molar-refractivity contribution in [1.82, 2.24) is 19.7 Å². The maximum atomic E-state index is 13.4. The van der Waals surface area contributed by atoms with Gasteiger partial charge in [0, 0.05) is 18.7 Å². The third kappa shape index (κ3) is 4.13. The minimum absolute atomic E-state index is 0.150. The fourth-order valence-electron chi connectivity index (χ4n) is 3.72. The first-order valence-electron chi connectivity index (χ1n) is 10.5. The van der Waals surface area contributed by atoms with Crippen LogP contribution < -0.4 is 0 Å². The Labute approximate surface area is 176 Å². The monoisotopic (exact) mass is 406 g/mol. The highest BCUT2D eigenvalue weighted by Gasteiger charge is 2.26. The summed E-state index contributed by atoms with van der Waals surface area (Å²) in [4.78, 5) is 19.5. The lowest BCUT2D eigenvalue weighted by Crippen LogP contribution is -2.38. The van der Waals surface area contributed by atoms with Gasteiger partial charge in [0.05, 0.1) is 5.69 Å². The third-order valence-corrected chi connectivity index (χ3v) is 5.78. The van der Waals surface area contributed by atoms with E-state index in [4.69, 9.17) is 0 Å². The summed E-state index contributed by atoms with van der Waals surface area (Å²) in [7, 11) is 0. The SMILES string of the molecule is CC1CCN(C(=O)c2nc(-c3ccc(C(C)C)cc3)n(-c3ccc(F)cc3)n2)CC1. The molecule has 1 saturated heterocycles. The molecule has 0 N–H and O–H groups in total. The summed E-state index contributed by atoms with van der Waals surface area (Å²) in [6.07, 6.45) is 1.99. The van der Waals surface area contributed by atoms with E-state index < -0.39 is 0 Å². The Morgan fingerprint density at radius 3 is 2.27 bits per heavy atom. The van der Waals surface area contributed by atoms with E-state index in [9.17, 15) is 9.18 Å². The molecule has 0 atom stereocenters. The normalized spacial score (nSPS) is 15.0. The smallest absolute Gasteiger partial charge is 0.293 e. The largest absolute Gasteiger partial charge is 0.336 e. The van der Waals surface area contributed by atoms with Gasteiger partial charge in [-0.25, -0.2) is 14.1 Å². The minimum Gasteiger partial charge on any atom is -0.336 e. The first-order chi connectivity index (χ1) is 14.4. The Balaban J connectivity index is 1.73. The zero-order valence-corrected chi connectivity index (χ0v) is 17.7. The van der Waals surface area contributed by atoms with E-state index in [1.165, 1.54) is 17.7 Å². The van der Waals surface area contributed by atoms with Gasteiger partial charge in [0.1, 0.15) is 5.82 Å². The Kier molecular flexibility index (Phi) is 5.66. The molecule has 0 saturated carbocycles. The Morgan fingerprint density at radius 1 is 1.03 bits per heavy atom. The van der Waals surface area contributed by atoms with Crippen molar-refractivity contribution >= 4 is 5.91 Å². The van der Waals surface area contributed by atoms with E-state index in [1.54, 1.807) is 16.8 Å². The van der Waals surface area contributed by atoms with Gasteiger partial charge in [0.2, 0.25) is 5.82 Å². The van der Waals surface area contributed by atoms with Gasteiger partial charge in [-0.15, -0.1) is 5.10 Å². The number of carbonyl (C=O) groups is 1. The van der Waals surface area contributed by atoms with E-state index in [0.29, 0.717) is 23.3 Å². The number of nitrogens with zero attached hydrogens (tertiary/aromatic N) is 4. The predicted molar refractivity (Wildman–Crippen MR) is 115 cm³/mol. The van der Waals surface area contributed by atoms with Gasteiger partial charge in [-0.1, -0.05) is 45.0 Å². The highest BCUT2D eigenvalue weighted by Crippen LogP contribution is 2.25. The van der Waals surface area contributed by atoms with Gasteiger partial charge in [-0.05, 0) is 54.5 Å². The zero-order chi connectivity index (χ0) is 21.3. The Hall–Kier alpha value is -3.02. The van der Waals surface area contributed by atoms with E-state index >= 15 is 0 Å². The number of likely N-dealkylation sites (tertiary alicyclic amines) is 1. The quantitative estimate of drug-likeness (QED) is 0.608. The Morgan fingerprint density at radius 2 is 1.67 bits per heavy atom. The molecule has 1 fully saturated rings. The van der Waals surface area contributed by atoms with Crippen molar-refractivity contribution in [2.45, 2.75) is 39.5 Å². The molecular formula is C24H27FN4O. The van der Waals surface area contributed by atoms with Crippen molar-refractivity contribution in [2.75, 3.05) is 13.1 Å². The van der Waals surface area contributed by atoms with Gasteiger partial charge in [0.25, 0.3) is 5.91 Å². The van der Waals surface area contributed by atoms with Crippen LogP contribution in [0.2, 0.25) is 0 Å². The van der Waals surface area contributed by atoms with Crippen molar-refractivity contribution in [3.8, 4) is 17.1 Å². The number of benzene rings is 2. The molecule has 156 valence electrons. The molecular weight excluding hydrogens is 379 g/mol. The summed E-state index contributed by atoms with van der Waals surface area (Å²) in [5.41, 5.74) is 2.76. The van der Waals surface area contributed by atoms with Gasteiger partial charge in [-0.2, -0.15) is 0 Å². The molecule has 1 aliphatic rings. The van der Waals surface area contributed by atoms with Crippen molar-refractivity contribution in [1.29, 1.82) is 0 Å². The second kappa shape index (κ2) is 8.38. The standard InChI is InChI=1S/C24H27FN4O/c1-16(2)18-4-6-19(7-5-18)23-26-22(24(30)28-14-12-17(3)13-15-28)27-29(23)21-10-8-20(25)9-11-21/h4-11,16-17H,12-15H2,1-3H3. The van der Waals surface area contributed by atoms with Gasteiger partial charge in [-0.3, -0.25) is 4.79 Å². The number of amides is 1. The van der Waals surface area contributed by atoms with E-state index in [0.717, 1.165) is 31.5 Å². The topological polar surface area (TPSA) is 51.0 Å². The average Bonchev–Trinajstić information content (AvgIpc) is 3.20. The van der Waals surface area contributed by atoms with Crippen LogP contribution in [0, 0.1) is 11.7 Å². The zero-order valence-electron chi connectivity index (χ0n) is 17.7. The van der Waals surface area contributed by atoms with E-state index in [-0.39, 0.29) is 17.5 Å². The Bertz CT molecular complexity index is 1020. The van der Waals surface area contributed by atoms with Gasteiger partial charge >= 0.3 is 0 Å². The molecule has 1 aliphatic heterocycles. The molecule has 0 radical (unpaired) electrons. The van der Waals surface area contributed by atoms with Crippen LogP contribution in [-0.2, 0) is 0 Å². The molecule has 6 heteroatoms. The molecule has 2 aromatic carbocycles. The maximum Gasteiger partial charge on any atom is 0.293 e. The maximum absolute atomic E-state index is 13.4. The van der Waals surface area contributed by atoms with Crippen LogP contribution in [0.15, 0.2) is 48.5 Å². The number of rotatable bonds is 4. The summed E-state index contributed by atoms with van der Waals surface area (Å²) < 4.78 is 15.1. The van der Waals surface area contributed by atoms with Crippen molar-refractivity contribution in [2.24, 2.45) is 5.92 Å². The molecule has 1 amide bonds. The molecule has 0 unspecified atom stereocenters. The van der Waals surface area contributed by atoms with Crippen LogP contribution in [0.5, 0.6) is 0 Å². The van der Waals surface area contributed by atoms with Crippen LogP contribution in [0.4, 0.5) is 4.39 Å². The lowest BCUT2D eigenvalue weighted by molar-refractivity contribution is 0.0685. The number of aromatic nitrogens is 3. The summed E-state index contributed by atoms with van der Waals surface area (Å²) in [5, 5.41) is 4.53. The molecule has 4 rings (SSSR count). The number of piperidine rings is 1. The second-order valence-electron chi connectivity index (χ2n) is 8.40. The van der Waals surface area contributed by atoms with Crippen LogP contribution in [0.25, 0.3) is 17.1 Å². The van der Waals surface area contributed by atoms with E-state index in [2.05, 4.69) is 43.0 Å². The highest BCUT2D eigenvalue weighted by molar-refractivity contribution is 5.91.